The number of rotatable bonds is 5. The quantitative estimate of drug-likeness (QED) is 0.665. The number of carbonyl (C=O) groups excluding carboxylic acids is 3. The Morgan fingerprint density at radius 1 is 0.958 bits per heavy atom. The molecule has 0 radical (unpaired) electrons. The van der Waals surface area contributed by atoms with Crippen LogP contribution in [0.4, 0.5) is 16.2 Å². The molecule has 0 unspecified atom stereocenters. The fourth-order valence-electron chi connectivity index (χ4n) is 2.69. The Hall–Kier alpha value is -2.57. The Labute approximate surface area is 141 Å². The van der Waals surface area contributed by atoms with Gasteiger partial charge in [0.15, 0.2) is 0 Å². The van der Waals surface area contributed by atoms with E-state index in [0.717, 1.165) is 25.7 Å². The Balaban J connectivity index is 1.70. The van der Waals surface area contributed by atoms with Crippen molar-refractivity contribution in [3.8, 4) is 0 Å². The summed E-state index contributed by atoms with van der Waals surface area (Å²) < 4.78 is 0. The largest absolute Gasteiger partial charge is 0.335 e. The van der Waals surface area contributed by atoms with Crippen LogP contribution in [0.5, 0.6) is 0 Å². The van der Waals surface area contributed by atoms with Crippen molar-refractivity contribution in [3.63, 3.8) is 0 Å². The van der Waals surface area contributed by atoms with Crippen LogP contribution >= 0.6 is 0 Å². The molecule has 0 spiro atoms. The van der Waals surface area contributed by atoms with Crippen molar-refractivity contribution in [2.45, 2.75) is 45.1 Å². The summed E-state index contributed by atoms with van der Waals surface area (Å²) in [6.45, 7) is 1.34. The second-order valence-corrected chi connectivity index (χ2v) is 5.97. The number of amides is 4. The molecule has 1 fully saturated rings. The van der Waals surface area contributed by atoms with Crippen LogP contribution < -0.4 is 21.3 Å². The van der Waals surface area contributed by atoms with Gasteiger partial charge in [0.2, 0.25) is 11.8 Å². The fourth-order valence-corrected chi connectivity index (χ4v) is 2.69. The molecular weight excluding hydrogens is 308 g/mol. The smallest absolute Gasteiger partial charge is 0.315 e. The molecule has 130 valence electrons. The zero-order valence-corrected chi connectivity index (χ0v) is 13.9. The number of hydrogen-bond acceptors (Lipinski definition) is 3. The Morgan fingerprint density at radius 3 is 2.12 bits per heavy atom. The molecule has 4 N–H and O–H groups in total. The summed E-state index contributed by atoms with van der Waals surface area (Å²) in [5, 5.41) is 10.8. The highest BCUT2D eigenvalue weighted by Gasteiger charge is 2.15. The highest BCUT2D eigenvalue weighted by atomic mass is 16.2. The first-order valence-electron chi connectivity index (χ1n) is 8.25. The molecule has 0 bridgehead atoms. The van der Waals surface area contributed by atoms with Gasteiger partial charge in [-0.1, -0.05) is 19.3 Å². The molecule has 1 aliphatic carbocycles. The van der Waals surface area contributed by atoms with Gasteiger partial charge in [-0.05, 0) is 37.1 Å². The summed E-state index contributed by atoms with van der Waals surface area (Å²) in [6.07, 6.45) is 5.50. The van der Waals surface area contributed by atoms with E-state index in [-0.39, 0.29) is 30.4 Å². The van der Waals surface area contributed by atoms with Crippen molar-refractivity contribution < 1.29 is 14.4 Å². The van der Waals surface area contributed by atoms with Gasteiger partial charge in [-0.2, -0.15) is 0 Å². The van der Waals surface area contributed by atoms with Crippen LogP contribution in [0.2, 0.25) is 0 Å². The minimum atomic E-state index is -0.307. The maximum Gasteiger partial charge on any atom is 0.315 e. The molecule has 24 heavy (non-hydrogen) atoms. The molecule has 1 saturated carbocycles. The van der Waals surface area contributed by atoms with E-state index in [1.807, 2.05) is 0 Å². The van der Waals surface area contributed by atoms with E-state index < -0.39 is 0 Å². The maximum absolute atomic E-state index is 11.8. The van der Waals surface area contributed by atoms with E-state index >= 15 is 0 Å². The first-order chi connectivity index (χ1) is 11.5. The molecule has 1 aliphatic rings. The molecule has 0 aliphatic heterocycles. The van der Waals surface area contributed by atoms with Gasteiger partial charge < -0.3 is 21.3 Å². The number of benzene rings is 1. The second-order valence-electron chi connectivity index (χ2n) is 5.97. The van der Waals surface area contributed by atoms with Crippen LogP contribution in [0.25, 0.3) is 0 Å². The molecular formula is C17H24N4O3. The average Bonchev–Trinajstić information content (AvgIpc) is 2.55. The molecule has 0 heterocycles. The maximum atomic E-state index is 11.8. The van der Waals surface area contributed by atoms with Gasteiger partial charge in [-0.3, -0.25) is 9.59 Å². The van der Waals surface area contributed by atoms with E-state index in [4.69, 9.17) is 0 Å². The van der Waals surface area contributed by atoms with Gasteiger partial charge >= 0.3 is 6.03 Å². The van der Waals surface area contributed by atoms with Crippen molar-refractivity contribution in [2.24, 2.45) is 0 Å². The van der Waals surface area contributed by atoms with Gasteiger partial charge in [-0.15, -0.1) is 0 Å². The summed E-state index contributed by atoms with van der Waals surface area (Å²) >= 11 is 0. The summed E-state index contributed by atoms with van der Waals surface area (Å²) in [7, 11) is 0. The van der Waals surface area contributed by atoms with E-state index in [9.17, 15) is 14.4 Å². The lowest BCUT2D eigenvalue weighted by atomic mass is 9.96. The molecule has 4 amide bonds. The molecule has 0 aromatic heterocycles. The lowest BCUT2D eigenvalue weighted by molar-refractivity contribution is -0.115. The van der Waals surface area contributed by atoms with Crippen LogP contribution in [-0.2, 0) is 9.59 Å². The molecule has 1 aromatic rings. The summed E-state index contributed by atoms with van der Waals surface area (Å²) in [4.78, 5) is 34.6. The molecule has 0 saturated heterocycles. The van der Waals surface area contributed by atoms with E-state index in [2.05, 4.69) is 21.3 Å². The molecule has 1 aromatic carbocycles. The second kappa shape index (κ2) is 8.90. The average molecular weight is 332 g/mol. The van der Waals surface area contributed by atoms with Gasteiger partial charge in [0.05, 0.1) is 6.54 Å². The van der Waals surface area contributed by atoms with E-state index in [0.29, 0.717) is 11.4 Å². The van der Waals surface area contributed by atoms with Gasteiger partial charge in [0.1, 0.15) is 0 Å². The summed E-state index contributed by atoms with van der Waals surface area (Å²) in [5.41, 5.74) is 1.26. The van der Waals surface area contributed by atoms with Crippen molar-refractivity contribution >= 4 is 29.2 Å². The van der Waals surface area contributed by atoms with Crippen LogP contribution in [0, 0.1) is 0 Å². The van der Waals surface area contributed by atoms with Crippen molar-refractivity contribution in [3.05, 3.63) is 24.3 Å². The fraction of sp³-hybridized carbons (Fsp3) is 0.471. The third kappa shape index (κ3) is 6.28. The van der Waals surface area contributed by atoms with Crippen LogP contribution in [0.1, 0.15) is 39.0 Å². The van der Waals surface area contributed by atoms with Gasteiger partial charge in [-0.25, -0.2) is 4.79 Å². The van der Waals surface area contributed by atoms with Crippen molar-refractivity contribution in [2.75, 3.05) is 17.2 Å². The first kappa shape index (κ1) is 17.8. The number of nitrogens with one attached hydrogen (secondary N) is 4. The Morgan fingerprint density at radius 2 is 1.54 bits per heavy atom. The highest BCUT2D eigenvalue weighted by Crippen LogP contribution is 2.17. The standard InChI is InChI=1S/C17H24N4O3/c1-12(22)19-14-7-9-15(10-8-14)20-16(23)11-18-17(24)21-13-5-3-2-4-6-13/h7-10,13H,2-6,11H2,1H3,(H,19,22)(H,20,23)(H2,18,21,24). The topological polar surface area (TPSA) is 99.3 Å². The SMILES string of the molecule is CC(=O)Nc1ccc(NC(=O)CNC(=O)NC2CCCCC2)cc1. The minimum Gasteiger partial charge on any atom is -0.335 e. The van der Waals surface area contributed by atoms with E-state index in [1.54, 1.807) is 24.3 Å². The van der Waals surface area contributed by atoms with E-state index in [1.165, 1.54) is 13.3 Å². The summed E-state index contributed by atoms with van der Waals surface area (Å²) in [6, 6.07) is 6.66. The zero-order valence-electron chi connectivity index (χ0n) is 13.9. The minimum absolute atomic E-state index is 0.0913. The van der Waals surface area contributed by atoms with Crippen LogP contribution in [0.3, 0.4) is 0 Å². The summed E-state index contributed by atoms with van der Waals surface area (Å²) in [5.74, 6) is -0.457. The number of anilines is 2. The predicted molar refractivity (Wildman–Crippen MR) is 92.8 cm³/mol. The van der Waals surface area contributed by atoms with Crippen molar-refractivity contribution in [1.82, 2.24) is 10.6 Å². The highest BCUT2D eigenvalue weighted by molar-refractivity contribution is 5.95. The molecule has 7 nitrogen and oxygen atoms in total. The predicted octanol–water partition coefficient (Wildman–Crippen LogP) is 2.22. The van der Waals surface area contributed by atoms with Crippen molar-refractivity contribution in [1.29, 1.82) is 0 Å². The Kier molecular flexibility index (Phi) is 6.60. The third-order valence-electron chi connectivity index (χ3n) is 3.84. The number of urea groups is 1. The molecule has 2 rings (SSSR count). The zero-order chi connectivity index (χ0) is 17.4. The number of hydrogen-bond donors (Lipinski definition) is 4. The monoisotopic (exact) mass is 332 g/mol. The Bertz CT molecular complexity index is 580. The lowest BCUT2D eigenvalue weighted by Gasteiger charge is -2.22. The van der Waals surface area contributed by atoms with Crippen LogP contribution in [0.15, 0.2) is 24.3 Å². The number of carbonyl (C=O) groups is 3. The van der Waals surface area contributed by atoms with Crippen LogP contribution in [-0.4, -0.2) is 30.4 Å². The normalized spacial score (nSPS) is 14.5. The van der Waals surface area contributed by atoms with Gasteiger partial charge in [0.25, 0.3) is 0 Å². The molecule has 7 heteroatoms. The lowest BCUT2D eigenvalue weighted by Crippen LogP contribution is -2.45. The third-order valence-corrected chi connectivity index (χ3v) is 3.84. The van der Waals surface area contributed by atoms with Gasteiger partial charge in [0, 0.05) is 24.3 Å². The first-order valence-corrected chi connectivity index (χ1v) is 8.25. The molecule has 0 atom stereocenters.